The van der Waals surface area contributed by atoms with Gasteiger partial charge in [0.1, 0.15) is 0 Å². The number of nitro benzene ring substituents is 1. The molecule has 5 heteroatoms. The monoisotopic (exact) mass is 350 g/mol. The predicted molar refractivity (Wildman–Crippen MR) is 103 cm³/mol. The Kier molecular flexibility index (Phi) is 5.94. The molecule has 0 bridgehead atoms. The van der Waals surface area contributed by atoms with E-state index < -0.39 is 6.10 Å². The summed E-state index contributed by atoms with van der Waals surface area (Å²) in [5.74, 6) is 0. The summed E-state index contributed by atoms with van der Waals surface area (Å²) >= 11 is 0. The Hall–Kier alpha value is -2.76. The van der Waals surface area contributed by atoms with Crippen LogP contribution < -0.4 is 0 Å². The van der Waals surface area contributed by atoms with Crippen LogP contribution in [-0.4, -0.2) is 34.6 Å². The summed E-state index contributed by atoms with van der Waals surface area (Å²) in [7, 11) is 0. The van der Waals surface area contributed by atoms with Gasteiger partial charge in [-0.1, -0.05) is 60.7 Å². The Labute approximate surface area is 153 Å². The first kappa shape index (κ1) is 18.0. The van der Waals surface area contributed by atoms with Crippen molar-refractivity contribution < 1.29 is 10.0 Å². The Bertz CT molecular complexity index is 815. The minimum atomic E-state index is -0.480. The highest BCUT2D eigenvalue weighted by Gasteiger charge is 2.15. The van der Waals surface area contributed by atoms with Crippen molar-refractivity contribution in [2.75, 3.05) is 19.6 Å². The van der Waals surface area contributed by atoms with Crippen molar-refractivity contribution in [2.45, 2.75) is 12.5 Å². The maximum atomic E-state index is 10.8. The topological polar surface area (TPSA) is 66.6 Å². The largest absolute Gasteiger partial charge is 0.387 e. The summed E-state index contributed by atoms with van der Waals surface area (Å²) in [6.45, 7) is 2.29. The van der Waals surface area contributed by atoms with E-state index in [1.54, 1.807) is 12.1 Å². The van der Waals surface area contributed by atoms with Gasteiger partial charge in [-0.2, -0.15) is 0 Å². The lowest BCUT2D eigenvalue weighted by Crippen LogP contribution is -2.32. The Morgan fingerprint density at radius 1 is 1.15 bits per heavy atom. The molecule has 1 aliphatic heterocycles. The van der Waals surface area contributed by atoms with E-state index in [0.29, 0.717) is 6.54 Å². The van der Waals surface area contributed by atoms with E-state index in [2.05, 4.69) is 11.0 Å². The van der Waals surface area contributed by atoms with Crippen LogP contribution in [0.5, 0.6) is 0 Å². The standard InChI is InChI=1S/C21H22N2O3/c24-21(19-6-2-1-3-7-19)16-22-13-11-17(12-14-22)9-10-18-5-4-8-20(15-18)23(25)26/h1-11,15,21,24H,12-14,16H2/b10-9+/t21-/m0/s1. The molecule has 26 heavy (non-hydrogen) atoms. The highest BCUT2D eigenvalue weighted by Crippen LogP contribution is 2.19. The van der Waals surface area contributed by atoms with Crippen molar-refractivity contribution in [1.82, 2.24) is 4.90 Å². The molecular weight excluding hydrogens is 328 g/mol. The second-order valence-electron chi connectivity index (χ2n) is 6.40. The number of β-amino-alcohol motifs (C(OH)–C–C–N with tert-alkyl or cyclic N) is 1. The van der Waals surface area contributed by atoms with Gasteiger partial charge in [0.25, 0.3) is 5.69 Å². The lowest BCUT2D eigenvalue weighted by Gasteiger charge is -2.27. The third-order valence-electron chi connectivity index (χ3n) is 4.51. The lowest BCUT2D eigenvalue weighted by molar-refractivity contribution is -0.384. The first-order valence-electron chi connectivity index (χ1n) is 8.69. The van der Waals surface area contributed by atoms with Gasteiger partial charge in [0, 0.05) is 31.8 Å². The summed E-state index contributed by atoms with van der Waals surface area (Å²) in [5, 5.41) is 21.2. The molecule has 1 N–H and O–H groups in total. The number of hydrogen-bond acceptors (Lipinski definition) is 4. The fourth-order valence-electron chi connectivity index (χ4n) is 3.01. The first-order valence-corrected chi connectivity index (χ1v) is 8.69. The summed E-state index contributed by atoms with van der Waals surface area (Å²) in [5.41, 5.74) is 3.07. The summed E-state index contributed by atoms with van der Waals surface area (Å²) in [4.78, 5) is 12.7. The van der Waals surface area contributed by atoms with Gasteiger partial charge in [-0.15, -0.1) is 0 Å². The summed E-state index contributed by atoms with van der Waals surface area (Å²) in [6, 6.07) is 16.3. The molecule has 0 radical (unpaired) electrons. The number of nitro groups is 1. The molecule has 5 nitrogen and oxygen atoms in total. The Morgan fingerprint density at radius 3 is 2.65 bits per heavy atom. The molecule has 2 aromatic carbocycles. The van der Waals surface area contributed by atoms with Crippen LogP contribution in [0.25, 0.3) is 6.08 Å². The fourth-order valence-corrected chi connectivity index (χ4v) is 3.01. The van der Waals surface area contributed by atoms with Crippen LogP contribution >= 0.6 is 0 Å². The fraction of sp³-hybridized carbons (Fsp3) is 0.238. The van der Waals surface area contributed by atoms with E-state index in [9.17, 15) is 15.2 Å². The van der Waals surface area contributed by atoms with E-state index in [-0.39, 0.29) is 10.6 Å². The van der Waals surface area contributed by atoms with Crippen molar-refractivity contribution in [3.63, 3.8) is 0 Å². The molecule has 0 unspecified atom stereocenters. The van der Waals surface area contributed by atoms with E-state index >= 15 is 0 Å². The number of allylic oxidation sites excluding steroid dienone is 1. The van der Waals surface area contributed by atoms with E-state index in [0.717, 1.165) is 30.6 Å². The zero-order valence-electron chi connectivity index (χ0n) is 14.5. The molecule has 3 rings (SSSR count). The molecule has 1 aliphatic rings. The summed E-state index contributed by atoms with van der Waals surface area (Å²) in [6.07, 6.45) is 6.49. The smallest absolute Gasteiger partial charge is 0.270 e. The molecule has 2 aromatic rings. The van der Waals surface area contributed by atoms with Crippen molar-refractivity contribution >= 4 is 11.8 Å². The molecule has 0 saturated heterocycles. The van der Waals surface area contributed by atoms with Gasteiger partial charge >= 0.3 is 0 Å². The van der Waals surface area contributed by atoms with Gasteiger partial charge < -0.3 is 5.11 Å². The average molecular weight is 350 g/mol. The number of rotatable bonds is 6. The van der Waals surface area contributed by atoms with Crippen LogP contribution in [-0.2, 0) is 0 Å². The second-order valence-corrected chi connectivity index (χ2v) is 6.40. The van der Waals surface area contributed by atoms with Crippen LogP contribution in [0.1, 0.15) is 23.7 Å². The third-order valence-corrected chi connectivity index (χ3v) is 4.51. The maximum Gasteiger partial charge on any atom is 0.270 e. The molecular formula is C21H22N2O3. The van der Waals surface area contributed by atoms with E-state index in [4.69, 9.17) is 0 Å². The van der Waals surface area contributed by atoms with Crippen LogP contribution in [0.2, 0.25) is 0 Å². The Balaban J connectivity index is 1.56. The quantitative estimate of drug-likeness (QED) is 0.632. The van der Waals surface area contributed by atoms with Crippen LogP contribution in [0.15, 0.2) is 72.3 Å². The van der Waals surface area contributed by atoms with Gasteiger partial charge in [0.2, 0.25) is 0 Å². The van der Waals surface area contributed by atoms with Crippen LogP contribution in [0.4, 0.5) is 5.69 Å². The maximum absolute atomic E-state index is 10.8. The van der Waals surface area contributed by atoms with Gasteiger partial charge in [0.05, 0.1) is 11.0 Å². The normalized spacial score (nSPS) is 16.4. The van der Waals surface area contributed by atoms with E-state index in [1.165, 1.54) is 11.6 Å². The van der Waals surface area contributed by atoms with Gasteiger partial charge in [-0.3, -0.25) is 15.0 Å². The zero-order chi connectivity index (χ0) is 18.4. The van der Waals surface area contributed by atoms with Crippen molar-refractivity contribution in [1.29, 1.82) is 0 Å². The zero-order valence-corrected chi connectivity index (χ0v) is 14.5. The number of non-ortho nitro benzene ring substituents is 1. The molecule has 134 valence electrons. The molecule has 1 atom stereocenters. The minimum Gasteiger partial charge on any atom is -0.387 e. The SMILES string of the molecule is O=[N+]([O-])c1cccc(/C=C/C2=CCN(C[C@H](O)c3ccccc3)CC2)c1. The predicted octanol–water partition coefficient (Wildman–Crippen LogP) is 3.97. The number of aliphatic hydroxyl groups excluding tert-OH is 1. The van der Waals surface area contributed by atoms with Gasteiger partial charge in [-0.05, 0) is 23.1 Å². The molecule has 0 aliphatic carbocycles. The third kappa shape index (κ3) is 4.88. The number of aliphatic hydroxyl groups is 1. The van der Waals surface area contributed by atoms with Crippen LogP contribution in [0, 0.1) is 10.1 Å². The minimum absolute atomic E-state index is 0.103. The van der Waals surface area contributed by atoms with Gasteiger partial charge in [-0.25, -0.2) is 0 Å². The Morgan fingerprint density at radius 2 is 1.96 bits per heavy atom. The number of benzene rings is 2. The first-order chi connectivity index (χ1) is 12.6. The van der Waals surface area contributed by atoms with E-state index in [1.807, 2.05) is 48.6 Å². The van der Waals surface area contributed by atoms with Crippen molar-refractivity contribution in [2.24, 2.45) is 0 Å². The highest BCUT2D eigenvalue weighted by molar-refractivity contribution is 5.56. The highest BCUT2D eigenvalue weighted by atomic mass is 16.6. The second kappa shape index (κ2) is 8.56. The average Bonchev–Trinajstić information content (AvgIpc) is 2.68. The molecule has 0 spiro atoms. The molecule has 0 amide bonds. The lowest BCUT2D eigenvalue weighted by atomic mass is 10.0. The molecule has 1 heterocycles. The molecule has 0 aromatic heterocycles. The van der Waals surface area contributed by atoms with Crippen molar-refractivity contribution in [3.8, 4) is 0 Å². The van der Waals surface area contributed by atoms with Crippen LogP contribution in [0.3, 0.4) is 0 Å². The summed E-state index contributed by atoms with van der Waals surface area (Å²) < 4.78 is 0. The van der Waals surface area contributed by atoms with Gasteiger partial charge in [0.15, 0.2) is 0 Å². The number of nitrogens with zero attached hydrogens (tertiary/aromatic N) is 2. The molecule has 0 saturated carbocycles. The molecule has 0 fully saturated rings. The van der Waals surface area contributed by atoms with Crippen molar-refractivity contribution in [3.05, 3.63) is 93.6 Å². The number of hydrogen-bond donors (Lipinski definition) is 1.